The van der Waals surface area contributed by atoms with Gasteiger partial charge in [0.1, 0.15) is 0 Å². The van der Waals surface area contributed by atoms with Crippen LogP contribution in [0, 0.1) is 5.92 Å². The summed E-state index contributed by atoms with van der Waals surface area (Å²) in [4.78, 5) is 0. The van der Waals surface area contributed by atoms with Crippen LogP contribution in [0.1, 0.15) is 59.3 Å². The van der Waals surface area contributed by atoms with Crippen molar-refractivity contribution in [2.75, 3.05) is 0 Å². The molecule has 0 fully saturated rings. The Hall–Kier alpha value is -1.04. The van der Waals surface area contributed by atoms with Crippen LogP contribution in [0.2, 0.25) is 0 Å². The molecule has 0 aromatic heterocycles. The highest BCUT2D eigenvalue weighted by atomic mass is 14.1. The molecule has 0 saturated carbocycles. The van der Waals surface area contributed by atoms with E-state index in [-0.39, 0.29) is 0 Å². The fraction of sp³-hybridized carbons (Fsp3) is 0.556. The largest absolute Gasteiger partial charge is 0.103 e. The molecule has 0 heterocycles. The third-order valence-corrected chi connectivity index (χ3v) is 3.38. The molecule has 0 nitrogen and oxygen atoms in total. The molecular weight excluding hydrogens is 216 g/mol. The first-order chi connectivity index (χ1) is 8.63. The van der Waals surface area contributed by atoms with Crippen LogP contribution in [-0.2, 0) is 0 Å². The Morgan fingerprint density at radius 1 is 1.11 bits per heavy atom. The third kappa shape index (κ3) is 8.11. The van der Waals surface area contributed by atoms with Crippen molar-refractivity contribution < 1.29 is 0 Å². The van der Waals surface area contributed by atoms with E-state index in [1.54, 1.807) is 5.57 Å². The average Bonchev–Trinajstić information content (AvgIpc) is 2.34. The molecule has 0 heteroatoms. The number of unbranched alkanes of at least 4 members (excludes halogenated alkanes) is 2. The van der Waals surface area contributed by atoms with Crippen LogP contribution in [-0.4, -0.2) is 0 Å². The maximum atomic E-state index is 3.81. The maximum Gasteiger partial charge on any atom is -0.0226 e. The van der Waals surface area contributed by atoms with E-state index in [0.29, 0.717) is 5.92 Å². The summed E-state index contributed by atoms with van der Waals surface area (Å²) >= 11 is 0. The van der Waals surface area contributed by atoms with Gasteiger partial charge in [-0.25, -0.2) is 0 Å². The van der Waals surface area contributed by atoms with E-state index >= 15 is 0 Å². The number of allylic oxidation sites excluding steroid dienone is 6. The predicted molar refractivity (Wildman–Crippen MR) is 84.8 cm³/mol. The number of hydrogen-bond acceptors (Lipinski definition) is 0. The first-order valence-electron chi connectivity index (χ1n) is 7.18. The minimum absolute atomic E-state index is 0.705. The van der Waals surface area contributed by atoms with Gasteiger partial charge in [-0.05, 0) is 58.3 Å². The summed E-state index contributed by atoms with van der Waals surface area (Å²) in [5.41, 5.74) is 3.16. The molecule has 0 aromatic carbocycles. The molecule has 0 amide bonds. The highest BCUT2D eigenvalue weighted by Gasteiger charge is 2.09. The monoisotopic (exact) mass is 246 g/mol. The van der Waals surface area contributed by atoms with Gasteiger partial charge in [0.15, 0.2) is 0 Å². The summed E-state index contributed by atoms with van der Waals surface area (Å²) < 4.78 is 0. The van der Waals surface area contributed by atoms with Crippen molar-refractivity contribution in [1.29, 1.82) is 0 Å². The van der Waals surface area contributed by atoms with Gasteiger partial charge in [0.25, 0.3) is 0 Å². The minimum Gasteiger partial charge on any atom is -0.103 e. The molecule has 0 aliphatic carbocycles. The first kappa shape index (κ1) is 17.0. The van der Waals surface area contributed by atoms with Gasteiger partial charge in [0.2, 0.25) is 0 Å². The van der Waals surface area contributed by atoms with Gasteiger partial charge in [0, 0.05) is 0 Å². The SMILES string of the molecule is C=CC=CCCCCC(=C(C)C)C(C)CCC=C. The van der Waals surface area contributed by atoms with Crippen molar-refractivity contribution in [3.63, 3.8) is 0 Å². The summed E-state index contributed by atoms with van der Waals surface area (Å²) in [7, 11) is 0. The number of hydrogen-bond donors (Lipinski definition) is 0. The van der Waals surface area contributed by atoms with Gasteiger partial charge in [-0.15, -0.1) is 6.58 Å². The summed E-state index contributed by atoms with van der Waals surface area (Å²) in [5, 5.41) is 0. The van der Waals surface area contributed by atoms with E-state index in [1.165, 1.54) is 37.7 Å². The van der Waals surface area contributed by atoms with E-state index in [1.807, 2.05) is 18.2 Å². The van der Waals surface area contributed by atoms with Crippen molar-refractivity contribution in [3.8, 4) is 0 Å². The van der Waals surface area contributed by atoms with Crippen LogP contribution in [0.15, 0.2) is 48.6 Å². The summed E-state index contributed by atoms with van der Waals surface area (Å²) in [5.74, 6) is 0.705. The molecule has 1 unspecified atom stereocenters. The van der Waals surface area contributed by atoms with Gasteiger partial charge < -0.3 is 0 Å². The zero-order chi connectivity index (χ0) is 13.8. The lowest BCUT2D eigenvalue weighted by Crippen LogP contribution is -2.01. The van der Waals surface area contributed by atoms with Crippen LogP contribution in [0.3, 0.4) is 0 Å². The van der Waals surface area contributed by atoms with Crippen LogP contribution in [0.4, 0.5) is 0 Å². The molecule has 18 heavy (non-hydrogen) atoms. The van der Waals surface area contributed by atoms with E-state index in [0.717, 1.165) is 6.42 Å². The Bertz CT molecular complexity index is 287. The second kappa shape index (κ2) is 11.1. The van der Waals surface area contributed by atoms with Crippen LogP contribution in [0.25, 0.3) is 0 Å². The smallest absolute Gasteiger partial charge is 0.0226 e. The second-order valence-corrected chi connectivity index (χ2v) is 5.20. The fourth-order valence-electron chi connectivity index (χ4n) is 2.30. The molecule has 0 aromatic rings. The van der Waals surface area contributed by atoms with Crippen molar-refractivity contribution in [2.45, 2.75) is 59.3 Å². The molecule has 102 valence electrons. The molecule has 0 spiro atoms. The highest BCUT2D eigenvalue weighted by molar-refractivity contribution is 5.13. The van der Waals surface area contributed by atoms with Crippen molar-refractivity contribution in [2.24, 2.45) is 5.92 Å². The zero-order valence-electron chi connectivity index (χ0n) is 12.5. The van der Waals surface area contributed by atoms with Crippen molar-refractivity contribution in [1.82, 2.24) is 0 Å². The molecule has 0 bridgehead atoms. The lowest BCUT2D eigenvalue weighted by Gasteiger charge is -2.17. The fourth-order valence-corrected chi connectivity index (χ4v) is 2.30. The topological polar surface area (TPSA) is 0 Å². The highest BCUT2D eigenvalue weighted by Crippen LogP contribution is 2.25. The van der Waals surface area contributed by atoms with Gasteiger partial charge in [-0.2, -0.15) is 0 Å². The van der Waals surface area contributed by atoms with Gasteiger partial charge >= 0.3 is 0 Å². The average molecular weight is 246 g/mol. The quantitative estimate of drug-likeness (QED) is 0.243. The molecule has 0 aliphatic rings. The lowest BCUT2D eigenvalue weighted by atomic mass is 9.89. The molecule has 0 saturated heterocycles. The predicted octanol–water partition coefficient (Wildman–Crippen LogP) is 6.23. The molecule has 1 atom stereocenters. The van der Waals surface area contributed by atoms with E-state index in [9.17, 15) is 0 Å². The van der Waals surface area contributed by atoms with Crippen LogP contribution < -0.4 is 0 Å². The first-order valence-corrected chi connectivity index (χ1v) is 7.18. The van der Waals surface area contributed by atoms with Crippen molar-refractivity contribution >= 4 is 0 Å². The Morgan fingerprint density at radius 3 is 2.39 bits per heavy atom. The summed E-state index contributed by atoms with van der Waals surface area (Å²) in [6.45, 7) is 14.3. The maximum absolute atomic E-state index is 3.81. The second-order valence-electron chi connectivity index (χ2n) is 5.20. The molecule has 0 aliphatic heterocycles. The van der Waals surface area contributed by atoms with Crippen molar-refractivity contribution in [3.05, 3.63) is 48.6 Å². The van der Waals surface area contributed by atoms with E-state index < -0.39 is 0 Å². The Labute approximate surface area is 114 Å². The molecule has 0 rings (SSSR count). The van der Waals surface area contributed by atoms with Gasteiger partial charge in [0.05, 0.1) is 0 Å². The van der Waals surface area contributed by atoms with E-state index in [4.69, 9.17) is 0 Å². The Kier molecular flexibility index (Phi) is 10.4. The van der Waals surface area contributed by atoms with Crippen LogP contribution in [0.5, 0.6) is 0 Å². The standard InChI is InChI=1S/C18H30/c1-6-8-10-11-12-13-15-18(16(3)4)17(5)14-9-7-2/h6-8,10,17H,1-2,9,11-15H2,3-5H3. The third-order valence-electron chi connectivity index (χ3n) is 3.38. The van der Waals surface area contributed by atoms with E-state index in [2.05, 4.69) is 40.0 Å². The molecular formula is C18H30. The van der Waals surface area contributed by atoms with Gasteiger partial charge in [-0.1, -0.05) is 49.0 Å². The summed E-state index contributed by atoms with van der Waals surface area (Å²) in [6.07, 6.45) is 15.5. The van der Waals surface area contributed by atoms with Crippen LogP contribution >= 0.6 is 0 Å². The molecule has 0 N–H and O–H groups in total. The number of rotatable bonds is 10. The minimum atomic E-state index is 0.705. The zero-order valence-corrected chi connectivity index (χ0v) is 12.5. The normalized spacial score (nSPS) is 12.4. The van der Waals surface area contributed by atoms with Gasteiger partial charge in [-0.3, -0.25) is 0 Å². The lowest BCUT2D eigenvalue weighted by molar-refractivity contribution is 0.572. The summed E-state index contributed by atoms with van der Waals surface area (Å²) in [6, 6.07) is 0. The Morgan fingerprint density at radius 2 is 1.83 bits per heavy atom. The molecule has 0 radical (unpaired) electrons. The Balaban J connectivity index is 4.06.